The topological polar surface area (TPSA) is 74.7 Å². The van der Waals surface area contributed by atoms with Crippen molar-refractivity contribution in [1.29, 1.82) is 0 Å². The zero-order chi connectivity index (χ0) is 10.2. The Kier molecular flexibility index (Phi) is 2.63. The van der Waals surface area contributed by atoms with Gasteiger partial charge in [-0.2, -0.15) is 4.31 Å². The zero-order valence-corrected chi connectivity index (χ0v) is 8.41. The molecule has 1 aliphatic rings. The van der Waals surface area contributed by atoms with Crippen molar-refractivity contribution in [2.75, 3.05) is 6.54 Å². The van der Waals surface area contributed by atoms with Crippen LogP contribution in [0, 0.1) is 0 Å². The van der Waals surface area contributed by atoms with E-state index in [2.05, 4.69) is 0 Å². The van der Waals surface area contributed by atoms with Crippen LogP contribution in [0.15, 0.2) is 0 Å². The summed E-state index contributed by atoms with van der Waals surface area (Å²) < 4.78 is 24.0. The van der Waals surface area contributed by atoms with Crippen molar-refractivity contribution in [1.82, 2.24) is 4.31 Å². The Hall–Kier alpha value is -0.620. The van der Waals surface area contributed by atoms with E-state index in [0.29, 0.717) is 13.0 Å². The van der Waals surface area contributed by atoms with Gasteiger partial charge in [0.15, 0.2) is 0 Å². The third-order valence-electron chi connectivity index (χ3n) is 2.18. The van der Waals surface area contributed by atoms with E-state index in [9.17, 15) is 13.2 Å². The minimum Gasteiger partial charge on any atom is -0.480 e. The average molecular weight is 207 g/mol. The molecule has 0 aliphatic carbocycles. The van der Waals surface area contributed by atoms with Gasteiger partial charge in [0.25, 0.3) is 0 Å². The highest BCUT2D eigenvalue weighted by Crippen LogP contribution is 2.24. The molecule has 0 saturated carbocycles. The normalized spacial score (nSPS) is 24.4. The fraction of sp³-hybridized carbons (Fsp3) is 0.857. The van der Waals surface area contributed by atoms with Crippen molar-refractivity contribution >= 4 is 16.0 Å². The Labute approximate surface area is 77.4 Å². The lowest BCUT2D eigenvalue weighted by Crippen LogP contribution is -2.56. The molecule has 1 unspecified atom stereocenters. The number of sulfonamides is 1. The fourth-order valence-corrected chi connectivity index (χ4v) is 2.64. The second kappa shape index (κ2) is 3.26. The van der Waals surface area contributed by atoms with Gasteiger partial charge in [0.05, 0.1) is 5.25 Å². The molecule has 1 fully saturated rings. The molecular weight excluding hydrogens is 194 g/mol. The first-order chi connectivity index (χ1) is 5.87. The van der Waals surface area contributed by atoms with E-state index in [1.165, 1.54) is 0 Å². The summed E-state index contributed by atoms with van der Waals surface area (Å²) in [6.07, 6.45) is 0.418. The quantitative estimate of drug-likeness (QED) is 0.700. The number of aliphatic carboxylic acids is 1. The Bertz CT molecular complexity index is 308. The molecule has 1 atom stereocenters. The van der Waals surface area contributed by atoms with E-state index in [1.807, 2.05) is 0 Å². The molecule has 1 N–H and O–H groups in total. The van der Waals surface area contributed by atoms with Crippen LogP contribution in [0.4, 0.5) is 0 Å². The van der Waals surface area contributed by atoms with Crippen LogP contribution in [0.2, 0.25) is 0 Å². The van der Waals surface area contributed by atoms with Crippen LogP contribution in [0.5, 0.6) is 0 Å². The first kappa shape index (κ1) is 10.5. The predicted octanol–water partition coefficient (Wildman–Crippen LogP) is -0.116. The van der Waals surface area contributed by atoms with Crippen LogP contribution in [0.1, 0.15) is 20.3 Å². The van der Waals surface area contributed by atoms with Gasteiger partial charge in [-0.25, -0.2) is 8.42 Å². The summed E-state index contributed by atoms with van der Waals surface area (Å²) in [5, 5.41) is 8.10. The minimum absolute atomic E-state index is 0.331. The number of rotatable bonds is 3. The van der Waals surface area contributed by atoms with Gasteiger partial charge in [0.1, 0.15) is 6.04 Å². The lowest BCUT2D eigenvalue weighted by Gasteiger charge is -2.37. The van der Waals surface area contributed by atoms with Crippen molar-refractivity contribution in [3.63, 3.8) is 0 Å². The molecule has 6 heteroatoms. The second-order valence-electron chi connectivity index (χ2n) is 3.35. The number of hydrogen-bond donors (Lipinski definition) is 1. The Morgan fingerprint density at radius 3 is 2.31 bits per heavy atom. The molecule has 5 nitrogen and oxygen atoms in total. The van der Waals surface area contributed by atoms with Crippen molar-refractivity contribution in [2.45, 2.75) is 31.6 Å². The summed E-state index contributed by atoms with van der Waals surface area (Å²) in [7, 11) is -3.38. The fourth-order valence-electron chi connectivity index (χ4n) is 1.19. The van der Waals surface area contributed by atoms with Crippen LogP contribution in [0.3, 0.4) is 0 Å². The number of carboxylic acid groups (broad SMARTS) is 1. The molecule has 1 saturated heterocycles. The molecule has 0 aromatic carbocycles. The highest BCUT2D eigenvalue weighted by Gasteiger charge is 2.43. The maximum absolute atomic E-state index is 11.5. The molecule has 1 heterocycles. The van der Waals surface area contributed by atoms with Gasteiger partial charge in [-0.15, -0.1) is 0 Å². The van der Waals surface area contributed by atoms with Gasteiger partial charge in [-0.3, -0.25) is 4.79 Å². The SMILES string of the molecule is CC(C)S(=O)(=O)N1CCC1C(=O)O. The molecule has 0 aromatic heterocycles. The van der Waals surface area contributed by atoms with Crippen molar-refractivity contribution < 1.29 is 18.3 Å². The third-order valence-corrected chi connectivity index (χ3v) is 4.46. The maximum Gasteiger partial charge on any atom is 0.322 e. The molecule has 0 spiro atoms. The van der Waals surface area contributed by atoms with E-state index < -0.39 is 27.3 Å². The third kappa shape index (κ3) is 1.68. The summed E-state index contributed by atoms with van der Waals surface area (Å²) >= 11 is 0. The van der Waals surface area contributed by atoms with Crippen molar-refractivity contribution in [2.24, 2.45) is 0 Å². The first-order valence-corrected chi connectivity index (χ1v) is 5.61. The minimum atomic E-state index is -3.38. The molecule has 13 heavy (non-hydrogen) atoms. The highest BCUT2D eigenvalue weighted by molar-refractivity contribution is 7.89. The van der Waals surface area contributed by atoms with Gasteiger partial charge in [-0.1, -0.05) is 0 Å². The Balaban J connectivity index is 2.80. The maximum atomic E-state index is 11.5. The molecule has 0 radical (unpaired) electrons. The monoisotopic (exact) mass is 207 g/mol. The van der Waals surface area contributed by atoms with Gasteiger partial charge < -0.3 is 5.11 Å². The molecule has 0 amide bonds. The van der Waals surface area contributed by atoms with Crippen molar-refractivity contribution in [3.05, 3.63) is 0 Å². The molecule has 0 aromatic rings. The van der Waals surface area contributed by atoms with Crippen LogP contribution in [0.25, 0.3) is 0 Å². The Morgan fingerprint density at radius 2 is 2.08 bits per heavy atom. The van der Waals surface area contributed by atoms with Crippen molar-refractivity contribution in [3.8, 4) is 0 Å². The van der Waals surface area contributed by atoms with E-state index in [1.54, 1.807) is 13.8 Å². The molecule has 76 valence electrons. The highest BCUT2D eigenvalue weighted by atomic mass is 32.2. The first-order valence-electron chi connectivity index (χ1n) is 4.11. The number of hydrogen-bond acceptors (Lipinski definition) is 3. The summed E-state index contributed by atoms with van der Waals surface area (Å²) in [4.78, 5) is 10.6. The molecule has 1 aliphatic heterocycles. The van der Waals surface area contributed by atoms with E-state index >= 15 is 0 Å². The predicted molar refractivity (Wildman–Crippen MR) is 46.8 cm³/mol. The average Bonchev–Trinajstić information content (AvgIpc) is 1.80. The lowest BCUT2D eigenvalue weighted by molar-refractivity contribution is -0.144. The van der Waals surface area contributed by atoms with Gasteiger partial charge in [0, 0.05) is 6.54 Å². The zero-order valence-electron chi connectivity index (χ0n) is 7.60. The van der Waals surface area contributed by atoms with Crippen LogP contribution < -0.4 is 0 Å². The summed E-state index contributed by atoms with van der Waals surface area (Å²) in [5.74, 6) is -1.06. The summed E-state index contributed by atoms with van der Waals surface area (Å²) in [5.41, 5.74) is 0. The van der Waals surface area contributed by atoms with E-state index in [-0.39, 0.29) is 0 Å². The standard InChI is InChI=1S/C7H13NO4S/c1-5(2)13(11,12)8-4-3-6(8)7(9)10/h5-6H,3-4H2,1-2H3,(H,9,10). The smallest absolute Gasteiger partial charge is 0.322 e. The second-order valence-corrected chi connectivity index (χ2v) is 5.79. The van der Waals surface area contributed by atoms with Gasteiger partial charge in [0.2, 0.25) is 10.0 Å². The Morgan fingerprint density at radius 1 is 1.54 bits per heavy atom. The van der Waals surface area contributed by atoms with E-state index in [0.717, 1.165) is 4.31 Å². The number of carboxylic acids is 1. The van der Waals surface area contributed by atoms with Crippen LogP contribution in [-0.4, -0.2) is 41.6 Å². The van der Waals surface area contributed by atoms with Crippen LogP contribution >= 0.6 is 0 Å². The van der Waals surface area contributed by atoms with Gasteiger partial charge in [-0.05, 0) is 20.3 Å². The largest absolute Gasteiger partial charge is 0.480 e. The molecule has 1 rings (SSSR count). The summed E-state index contributed by atoms with van der Waals surface area (Å²) in [6.45, 7) is 3.43. The lowest BCUT2D eigenvalue weighted by atomic mass is 10.1. The molecular formula is C7H13NO4S. The van der Waals surface area contributed by atoms with E-state index in [4.69, 9.17) is 5.11 Å². The van der Waals surface area contributed by atoms with Crippen LogP contribution in [-0.2, 0) is 14.8 Å². The summed E-state index contributed by atoms with van der Waals surface area (Å²) in [6, 6.07) is -0.840. The number of nitrogens with zero attached hydrogens (tertiary/aromatic N) is 1. The van der Waals surface area contributed by atoms with Gasteiger partial charge >= 0.3 is 5.97 Å². The molecule has 0 bridgehead atoms. The number of carbonyl (C=O) groups is 1.